The first-order valence-corrected chi connectivity index (χ1v) is 13.2. The van der Waals surface area contributed by atoms with E-state index in [0.717, 1.165) is 34.1 Å². The molecular formula is C31H30N4O4. The first-order valence-electron chi connectivity index (χ1n) is 13.2. The van der Waals surface area contributed by atoms with Crippen LogP contribution in [-0.4, -0.2) is 46.9 Å². The van der Waals surface area contributed by atoms with Crippen LogP contribution in [0, 0.1) is 0 Å². The van der Waals surface area contributed by atoms with Crippen LogP contribution in [0.1, 0.15) is 53.5 Å². The van der Waals surface area contributed by atoms with Crippen molar-refractivity contribution in [3.05, 3.63) is 95.2 Å². The number of aromatic nitrogens is 1. The van der Waals surface area contributed by atoms with E-state index < -0.39 is 12.1 Å². The number of carbonyl (C=O) groups excluding carboxylic acids is 3. The molecule has 1 saturated heterocycles. The number of rotatable bonds is 6. The molecule has 0 unspecified atom stereocenters. The Morgan fingerprint density at radius 2 is 1.85 bits per heavy atom. The summed E-state index contributed by atoms with van der Waals surface area (Å²) >= 11 is 0. The number of para-hydroxylation sites is 1. The van der Waals surface area contributed by atoms with Crippen LogP contribution in [0.2, 0.25) is 0 Å². The number of carbonyl (C=O) groups is 3. The zero-order chi connectivity index (χ0) is 27.3. The number of imide groups is 1. The molecule has 1 fully saturated rings. The van der Waals surface area contributed by atoms with Gasteiger partial charge in [0.25, 0.3) is 11.8 Å². The molecule has 2 aliphatic heterocycles. The summed E-state index contributed by atoms with van der Waals surface area (Å²) in [6.07, 6.45) is 1.24. The Morgan fingerprint density at radius 3 is 2.59 bits per heavy atom. The standard InChI is InChI=1S/C31H30N4O4/c1-4-18(2)32-29(36)19-12-14-21(15-13-19)34-30(37)26-17-24-23-10-5-6-11-25(23)33-27(24)28(35(26)31(34)38)20-8-7-9-22(16-20)39-3/h5-16,18,26,28,33H,4,17H2,1-3H3,(H,32,36)/t18-,26+,28+/m1/s1. The fourth-order valence-corrected chi connectivity index (χ4v) is 5.64. The van der Waals surface area contributed by atoms with E-state index in [-0.39, 0.29) is 23.9 Å². The summed E-state index contributed by atoms with van der Waals surface area (Å²) in [5.74, 6) is 0.213. The zero-order valence-electron chi connectivity index (χ0n) is 22.1. The maximum atomic E-state index is 14.0. The van der Waals surface area contributed by atoms with Crippen molar-refractivity contribution in [3.8, 4) is 5.75 Å². The Morgan fingerprint density at radius 1 is 1.08 bits per heavy atom. The average Bonchev–Trinajstić information content (AvgIpc) is 3.46. The van der Waals surface area contributed by atoms with Crippen molar-refractivity contribution in [1.29, 1.82) is 0 Å². The third-order valence-electron chi connectivity index (χ3n) is 7.84. The third-order valence-corrected chi connectivity index (χ3v) is 7.84. The number of ether oxygens (including phenoxy) is 1. The van der Waals surface area contributed by atoms with Gasteiger partial charge in [-0.2, -0.15) is 0 Å². The average molecular weight is 523 g/mol. The Hall–Kier alpha value is -4.59. The molecule has 3 heterocycles. The van der Waals surface area contributed by atoms with Crippen LogP contribution in [0.5, 0.6) is 5.75 Å². The van der Waals surface area contributed by atoms with Crippen molar-refractivity contribution in [2.45, 2.75) is 44.8 Å². The van der Waals surface area contributed by atoms with Crippen LogP contribution in [-0.2, 0) is 11.2 Å². The molecule has 0 bridgehead atoms. The van der Waals surface area contributed by atoms with Gasteiger partial charge in [0.2, 0.25) is 0 Å². The smallest absolute Gasteiger partial charge is 0.332 e. The topological polar surface area (TPSA) is 94.7 Å². The summed E-state index contributed by atoms with van der Waals surface area (Å²) in [7, 11) is 1.61. The molecule has 2 aliphatic rings. The van der Waals surface area contributed by atoms with Crippen molar-refractivity contribution in [1.82, 2.24) is 15.2 Å². The fraction of sp³-hybridized carbons (Fsp3) is 0.258. The Bertz CT molecular complexity index is 1590. The maximum absolute atomic E-state index is 14.0. The second-order valence-corrected chi connectivity index (χ2v) is 10.2. The summed E-state index contributed by atoms with van der Waals surface area (Å²) in [5.41, 5.74) is 4.69. The molecule has 0 saturated carbocycles. The molecule has 8 heteroatoms. The highest BCUT2D eigenvalue weighted by Gasteiger charge is 2.53. The molecule has 4 amide bonds. The number of nitrogens with zero attached hydrogens (tertiary/aromatic N) is 2. The number of H-pyrrole nitrogens is 1. The lowest BCUT2D eigenvalue weighted by Crippen LogP contribution is -2.44. The second-order valence-electron chi connectivity index (χ2n) is 10.2. The minimum atomic E-state index is -0.659. The molecule has 39 heavy (non-hydrogen) atoms. The van der Waals surface area contributed by atoms with E-state index in [1.165, 1.54) is 4.90 Å². The monoisotopic (exact) mass is 522 g/mol. The Balaban J connectivity index is 1.40. The van der Waals surface area contributed by atoms with Crippen LogP contribution >= 0.6 is 0 Å². The molecule has 198 valence electrons. The van der Waals surface area contributed by atoms with Crippen LogP contribution in [0.15, 0.2) is 72.8 Å². The summed E-state index contributed by atoms with van der Waals surface area (Å²) < 4.78 is 5.48. The molecule has 6 rings (SSSR count). The van der Waals surface area contributed by atoms with Gasteiger partial charge in [0.1, 0.15) is 17.8 Å². The van der Waals surface area contributed by atoms with E-state index in [9.17, 15) is 14.4 Å². The molecule has 2 N–H and O–H groups in total. The molecule has 4 aromatic rings. The minimum absolute atomic E-state index is 0.0524. The van der Waals surface area contributed by atoms with Gasteiger partial charge in [-0.15, -0.1) is 0 Å². The largest absolute Gasteiger partial charge is 0.497 e. The van der Waals surface area contributed by atoms with Crippen LogP contribution in [0.3, 0.4) is 0 Å². The quantitative estimate of drug-likeness (QED) is 0.341. The normalized spacial score (nSPS) is 19.2. The SMILES string of the molecule is CC[C@@H](C)NC(=O)c1ccc(N2C(=O)[C@@H]3Cc4c([nH]c5ccccc45)[C@H](c4cccc(OC)c4)N3C2=O)cc1. The summed E-state index contributed by atoms with van der Waals surface area (Å²) in [4.78, 5) is 46.9. The summed E-state index contributed by atoms with van der Waals surface area (Å²) in [6, 6.07) is 20.8. The van der Waals surface area contributed by atoms with E-state index in [2.05, 4.69) is 10.3 Å². The van der Waals surface area contributed by atoms with Gasteiger partial charge in [-0.3, -0.25) is 14.5 Å². The van der Waals surface area contributed by atoms with Crippen molar-refractivity contribution in [2.75, 3.05) is 12.0 Å². The first kappa shape index (κ1) is 24.7. The van der Waals surface area contributed by atoms with Gasteiger partial charge >= 0.3 is 6.03 Å². The van der Waals surface area contributed by atoms with Crippen molar-refractivity contribution >= 4 is 34.4 Å². The fourth-order valence-electron chi connectivity index (χ4n) is 5.64. The van der Waals surface area contributed by atoms with E-state index in [1.54, 1.807) is 36.3 Å². The van der Waals surface area contributed by atoms with E-state index >= 15 is 0 Å². The number of urea groups is 1. The second kappa shape index (κ2) is 9.62. The highest BCUT2D eigenvalue weighted by atomic mass is 16.5. The molecule has 0 aliphatic carbocycles. The van der Waals surface area contributed by atoms with Gasteiger partial charge in [-0.05, 0) is 66.9 Å². The minimum Gasteiger partial charge on any atom is -0.497 e. The van der Waals surface area contributed by atoms with E-state index in [4.69, 9.17) is 4.74 Å². The van der Waals surface area contributed by atoms with Gasteiger partial charge < -0.3 is 15.0 Å². The van der Waals surface area contributed by atoms with Crippen LogP contribution < -0.4 is 15.0 Å². The molecule has 8 nitrogen and oxygen atoms in total. The lowest BCUT2D eigenvalue weighted by Gasteiger charge is -2.36. The lowest BCUT2D eigenvalue weighted by molar-refractivity contribution is -0.120. The lowest BCUT2D eigenvalue weighted by atomic mass is 9.89. The van der Waals surface area contributed by atoms with E-state index in [1.807, 2.05) is 62.4 Å². The van der Waals surface area contributed by atoms with E-state index in [0.29, 0.717) is 23.4 Å². The van der Waals surface area contributed by atoms with Crippen molar-refractivity contribution < 1.29 is 19.1 Å². The first-order chi connectivity index (χ1) is 18.9. The molecule has 0 radical (unpaired) electrons. The predicted molar refractivity (Wildman–Crippen MR) is 149 cm³/mol. The van der Waals surface area contributed by atoms with Gasteiger partial charge in [0.15, 0.2) is 0 Å². The van der Waals surface area contributed by atoms with Crippen molar-refractivity contribution in [2.24, 2.45) is 0 Å². The summed E-state index contributed by atoms with van der Waals surface area (Å²) in [6.45, 7) is 3.95. The van der Waals surface area contributed by atoms with Gasteiger partial charge in [-0.1, -0.05) is 37.3 Å². The number of methoxy groups -OCH3 is 1. The molecular weight excluding hydrogens is 492 g/mol. The number of anilines is 1. The highest BCUT2D eigenvalue weighted by Crippen LogP contribution is 2.45. The number of benzene rings is 3. The van der Waals surface area contributed by atoms with Crippen LogP contribution in [0.4, 0.5) is 10.5 Å². The molecule has 1 aromatic heterocycles. The number of fused-ring (bicyclic) bond motifs is 4. The third kappa shape index (κ3) is 4.03. The number of hydrogen-bond acceptors (Lipinski definition) is 4. The molecule has 0 spiro atoms. The Kier molecular flexibility index (Phi) is 6.10. The molecule has 3 aromatic carbocycles. The maximum Gasteiger partial charge on any atom is 0.332 e. The van der Waals surface area contributed by atoms with Gasteiger partial charge in [0.05, 0.1) is 12.8 Å². The highest BCUT2D eigenvalue weighted by molar-refractivity contribution is 6.22. The van der Waals surface area contributed by atoms with Crippen LogP contribution in [0.25, 0.3) is 10.9 Å². The van der Waals surface area contributed by atoms with Gasteiger partial charge in [0, 0.05) is 34.6 Å². The molecule has 3 atom stereocenters. The van der Waals surface area contributed by atoms with Crippen molar-refractivity contribution in [3.63, 3.8) is 0 Å². The zero-order valence-corrected chi connectivity index (χ0v) is 22.1. The predicted octanol–water partition coefficient (Wildman–Crippen LogP) is 5.19. The van der Waals surface area contributed by atoms with Gasteiger partial charge in [-0.25, -0.2) is 9.69 Å². The Labute approximate surface area is 226 Å². The summed E-state index contributed by atoms with van der Waals surface area (Å²) in [5, 5.41) is 3.99. The number of nitrogens with one attached hydrogen (secondary N) is 2. The number of aromatic amines is 1. The number of amides is 4. The number of hydrogen-bond donors (Lipinski definition) is 2.